The van der Waals surface area contributed by atoms with Crippen molar-refractivity contribution in [2.45, 2.75) is 258 Å². The second-order valence-corrected chi connectivity index (χ2v) is 19.5. The predicted molar refractivity (Wildman–Crippen MR) is 325 cm³/mol. The Kier molecular flexibility index (Phi) is 58.0. The summed E-state index contributed by atoms with van der Waals surface area (Å²) in [7, 11) is 0. The Bertz CT molecular complexity index is 1660. The monoisotopic (exact) mass is 1030 g/mol. The maximum Gasteiger partial charge on any atom is 0.306 e. The van der Waals surface area contributed by atoms with Crippen molar-refractivity contribution in [2.75, 3.05) is 13.2 Å². The van der Waals surface area contributed by atoms with Gasteiger partial charge in [-0.05, 0) is 122 Å². The molecule has 75 heavy (non-hydrogen) atoms. The molecule has 0 aromatic rings. The average Bonchev–Trinajstić information content (AvgIpc) is 3.41. The minimum atomic E-state index is -0.801. The van der Waals surface area contributed by atoms with E-state index in [1.54, 1.807) is 0 Å². The Hall–Kier alpha value is -4.71. The zero-order chi connectivity index (χ0) is 54.3. The third kappa shape index (κ3) is 60.0. The van der Waals surface area contributed by atoms with E-state index in [0.29, 0.717) is 19.3 Å². The zero-order valence-corrected chi connectivity index (χ0v) is 48.3. The third-order valence-electron chi connectivity index (χ3n) is 12.3. The fourth-order valence-electron chi connectivity index (χ4n) is 7.86. The van der Waals surface area contributed by atoms with Crippen molar-refractivity contribution in [3.63, 3.8) is 0 Å². The van der Waals surface area contributed by atoms with Crippen molar-refractivity contribution in [2.24, 2.45) is 0 Å². The van der Waals surface area contributed by atoms with Crippen LogP contribution in [0.3, 0.4) is 0 Å². The molecule has 0 rings (SSSR count). The molecule has 0 N–H and O–H groups in total. The molecule has 0 spiro atoms. The lowest BCUT2D eigenvalue weighted by molar-refractivity contribution is -0.167. The highest BCUT2D eigenvalue weighted by atomic mass is 16.6. The largest absolute Gasteiger partial charge is 0.462 e. The van der Waals surface area contributed by atoms with Crippen LogP contribution in [0.25, 0.3) is 0 Å². The first kappa shape index (κ1) is 70.3. The van der Waals surface area contributed by atoms with Crippen LogP contribution in [0.2, 0.25) is 0 Å². The average molecular weight is 1040 g/mol. The van der Waals surface area contributed by atoms with Crippen molar-refractivity contribution in [3.8, 4) is 0 Å². The summed E-state index contributed by atoms with van der Waals surface area (Å²) in [5.74, 6) is -0.943. The molecule has 0 amide bonds. The highest BCUT2D eigenvalue weighted by molar-refractivity contribution is 5.71. The number of unbranched alkanes of at least 4 members (excludes halogenated alkanes) is 18. The third-order valence-corrected chi connectivity index (χ3v) is 12.3. The lowest BCUT2D eigenvalue weighted by atomic mass is 10.1. The molecular formula is C69H110O6. The first-order chi connectivity index (χ1) is 37.0. The molecule has 0 fully saturated rings. The standard InChI is InChI=1S/C69H110O6/c1-4-7-10-13-16-19-21-23-25-27-29-30-31-32-33-34-35-36-37-38-40-41-43-45-47-50-53-56-59-62-68(71)74-65-66(64-73-67(70)61-58-55-52-49-18-15-12-9-6-3)75-69(72)63-60-57-54-51-48-46-44-42-39-28-26-24-22-20-17-14-11-8-5-2/h7-8,10-11,16-17,19-20,23-26,29-30,32-33,35-36,38-40,42-43,45,66H,4-6,9,12-15,18,21-22,27-28,31,34,37,41,44,46-65H2,1-3H3/b10-7-,11-8-,19-16-,20-17-,25-23-,26-24-,30-29-,33-32-,36-35-,40-38-,42-39-,45-43-. The van der Waals surface area contributed by atoms with Crippen LogP contribution in [0.1, 0.15) is 252 Å². The molecule has 6 nitrogen and oxygen atoms in total. The molecule has 0 aliphatic carbocycles. The number of esters is 3. The van der Waals surface area contributed by atoms with E-state index in [2.05, 4.69) is 167 Å². The first-order valence-corrected chi connectivity index (χ1v) is 30.3. The molecule has 0 saturated heterocycles. The van der Waals surface area contributed by atoms with Gasteiger partial charge in [-0.15, -0.1) is 0 Å². The lowest BCUT2D eigenvalue weighted by Crippen LogP contribution is -2.30. The number of carbonyl (C=O) groups excluding carboxylic acids is 3. The van der Waals surface area contributed by atoms with E-state index in [4.69, 9.17) is 14.2 Å². The van der Waals surface area contributed by atoms with Crippen LogP contribution in [-0.4, -0.2) is 37.2 Å². The fraction of sp³-hybridized carbons (Fsp3) is 0.609. The van der Waals surface area contributed by atoms with E-state index < -0.39 is 6.10 Å². The second-order valence-electron chi connectivity index (χ2n) is 19.5. The molecule has 0 aromatic carbocycles. The normalized spacial score (nSPS) is 13.2. The molecule has 0 aliphatic heterocycles. The van der Waals surface area contributed by atoms with Crippen LogP contribution in [0, 0.1) is 0 Å². The van der Waals surface area contributed by atoms with Crippen LogP contribution in [0.4, 0.5) is 0 Å². The molecule has 0 aromatic heterocycles. The lowest BCUT2D eigenvalue weighted by Gasteiger charge is -2.18. The highest BCUT2D eigenvalue weighted by Crippen LogP contribution is 2.14. The van der Waals surface area contributed by atoms with Crippen molar-refractivity contribution in [1.29, 1.82) is 0 Å². The first-order valence-electron chi connectivity index (χ1n) is 30.3. The van der Waals surface area contributed by atoms with E-state index in [0.717, 1.165) is 161 Å². The fourth-order valence-corrected chi connectivity index (χ4v) is 7.86. The van der Waals surface area contributed by atoms with Crippen LogP contribution in [-0.2, 0) is 28.6 Å². The quantitative estimate of drug-likeness (QED) is 0.0261. The van der Waals surface area contributed by atoms with Gasteiger partial charge in [-0.2, -0.15) is 0 Å². The molecule has 0 heterocycles. The Balaban J connectivity index is 4.35. The van der Waals surface area contributed by atoms with Crippen molar-refractivity contribution in [3.05, 3.63) is 146 Å². The number of carbonyl (C=O) groups is 3. The summed E-state index contributed by atoms with van der Waals surface area (Å²) in [4.78, 5) is 38.1. The molecule has 422 valence electrons. The highest BCUT2D eigenvalue weighted by Gasteiger charge is 2.19. The van der Waals surface area contributed by atoms with Crippen molar-refractivity contribution in [1.82, 2.24) is 0 Å². The van der Waals surface area contributed by atoms with Gasteiger partial charge in [-0.25, -0.2) is 0 Å². The van der Waals surface area contributed by atoms with Crippen molar-refractivity contribution < 1.29 is 28.6 Å². The van der Waals surface area contributed by atoms with Crippen LogP contribution >= 0.6 is 0 Å². The minimum absolute atomic E-state index is 0.0959. The van der Waals surface area contributed by atoms with Gasteiger partial charge in [0.15, 0.2) is 6.10 Å². The Morgan fingerprint density at radius 2 is 0.520 bits per heavy atom. The summed E-state index contributed by atoms with van der Waals surface area (Å²) in [6, 6.07) is 0. The van der Waals surface area contributed by atoms with Gasteiger partial charge in [-0.3, -0.25) is 14.4 Å². The van der Waals surface area contributed by atoms with Gasteiger partial charge in [0.05, 0.1) is 0 Å². The molecule has 6 heteroatoms. The molecule has 0 radical (unpaired) electrons. The second kappa shape index (κ2) is 61.8. The van der Waals surface area contributed by atoms with E-state index in [9.17, 15) is 14.4 Å². The summed E-state index contributed by atoms with van der Waals surface area (Å²) in [6.45, 7) is 6.35. The van der Waals surface area contributed by atoms with Gasteiger partial charge in [0, 0.05) is 19.3 Å². The number of hydrogen-bond acceptors (Lipinski definition) is 6. The summed E-state index contributed by atoms with van der Waals surface area (Å²) in [6.07, 6.45) is 88.5. The number of ether oxygens (including phenoxy) is 3. The van der Waals surface area contributed by atoms with E-state index in [1.807, 2.05) is 0 Å². The summed E-state index contributed by atoms with van der Waals surface area (Å²) in [5.41, 5.74) is 0. The molecule has 0 aliphatic rings. The summed E-state index contributed by atoms with van der Waals surface area (Å²) >= 11 is 0. The predicted octanol–water partition coefficient (Wildman–Crippen LogP) is 20.8. The molecule has 1 atom stereocenters. The SMILES string of the molecule is CC/C=C\C/C=C\C/C=C\C/C=C\C/C=C\C/C=C\C/C=C\C/C=C\CCCCCCC(=O)OCC(COC(=O)CCCCCCCCCCC)OC(=O)CCCCCCCC/C=C\C/C=C\C/C=C\C/C=C\CC. The summed E-state index contributed by atoms with van der Waals surface area (Å²) < 4.78 is 16.8. The molecule has 0 bridgehead atoms. The minimum Gasteiger partial charge on any atom is -0.462 e. The number of allylic oxidation sites excluding steroid dienone is 24. The van der Waals surface area contributed by atoms with Crippen LogP contribution in [0.15, 0.2) is 146 Å². The van der Waals surface area contributed by atoms with Gasteiger partial charge >= 0.3 is 17.9 Å². The van der Waals surface area contributed by atoms with E-state index in [-0.39, 0.29) is 31.1 Å². The Labute approximate surface area is 461 Å². The topological polar surface area (TPSA) is 78.9 Å². The molecular weight excluding hydrogens is 925 g/mol. The number of hydrogen-bond donors (Lipinski definition) is 0. The smallest absolute Gasteiger partial charge is 0.306 e. The number of rotatable bonds is 53. The Morgan fingerprint density at radius 1 is 0.280 bits per heavy atom. The van der Waals surface area contributed by atoms with Gasteiger partial charge in [0.2, 0.25) is 0 Å². The zero-order valence-electron chi connectivity index (χ0n) is 48.3. The van der Waals surface area contributed by atoms with E-state index in [1.165, 1.54) is 51.4 Å². The van der Waals surface area contributed by atoms with Gasteiger partial charge in [0.1, 0.15) is 13.2 Å². The molecule has 1 unspecified atom stereocenters. The maximum atomic E-state index is 12.9. The van der Waals surface area contributed by atoms with Crippen molar-refractivity contribution >= 4 is 17.9 Å². The Morgan fingerprint density at radius 3 is 0.813 bits per heavy atom. The maximum absolute atomic E-state index is 12.9. The van der Waals surface area contributed by atoms with Crippen LogP contribution in [0.5, 0.6) is 0 Å². The molecule has 0 saturated carbocycles. The van der Waals surface area contributed by atoms with Gasteiger partial charge in [-0.1, -0.05) is 256 Å². The van der Waals surface area contributed by atoms with Gasteiger partial charge < -0.3 is 14.2 Å². The van der Waals surface area contributed by atoms with Gasteiger partial charge in [0.25, 0.3) is 0 Å². The summed E-state index contributed by atoms with van der Waals surface area (Å²) in [5, 5.41) is 0. The van der Waals surface area contributed by atoms with E-state index >= 15 is 0 Å². The van der Waals surface area contributed by atoms with Crippen LogP contribution < -0.4 is 0 Å².